The number of ether oxygens (including phenoxy) is 1. The Balaban J connectivity index is 1.66. The van der Waals surface area contributed by atoms with Gasteiger partial charge in [-0.25, -0.2) is 4.39 Å². The predicted octanol–water partition coefficient (Wildman–Crippen LogP) is 2.91. The highest BCUT2D eigenvalue weighted by Gasteiger charge is 2.40. The molecule has 1 aliphatic rings. The van der Waals surface area contributed by atoms with Crippen LogP contribution in [0.5, 0.6) is 0 Å². The zero-order valence-electron chi connectivity index (χ0n) is 14.3. The van der Waals surface area contributed by atoms with E-state index < -0.39 is 0 Å². The maximum atomic E-state index is 13.8. The smallest absolute Gasteiger partial charge is 0.191 e. The molecule has 0 amide bonds. The zero-order valence-corrected chi connectivity index (χ0v) is 14.3. The fourth-order valence-corrected chi connectivity index (χ4v) is 2.51. The van der Waals surface area contributed by atoms with Crippen LogP contribution < -0.4 is 10.6 Å². The van der Waals surface area contributed by atoms with Crippen molar-refractivity contribution in [2.24, 2.45) is 10.9 Å². The number of nitrogens with one attached hydrogen (secondary N) is 2. The van der Waals surface area contributed by atoms with Crippen LogP contribution in [0.1, 0.15) is 38.2 Å². The number of aliphatic imine (C=N–C) groups is 1. The highest BCUT2D eigenvalue weighted by molar-refractivity contribution is 5.80. The van der Waals surface area contributed by atoms with Gasteiger partial charge in [0.2, 0.25) is 0 Å². The summed E-state index contributed by atoms with van der Waals surface area (Å²) in [5.74, 6) is 1.53. The standard InChI is InChI=1S/C18H28FN3O/c1-13(2)8-10-23-11-9-21-18(20-3)22-17-12-15(17)14-6-4-5-7-16(14)19/h4-7,13,15,17H,8-12H2,1-3H3,(H2,20,21,22). The minimum Gasteiger partial charge on any atom is -0.380 e. The second-order valence-corrected chi connectivity index (χ2v) is 6.41. The first-order valence-electron chi connectivity index (χ1n) is 8.41. The van der Waals surface area contributed by atoms with Gasteiger partial charge in [-0.3, -0.25) is 4.99 Å². The number of rotatable bonds is 8. The van der Waals surface area contributed by atoms with Gasteiger partial charge in [-0.05, 0) is 30.4 Å². The van der Waals surface area contributed by atoms with E-state index in [0.717, 1.165) is 37.5 Å². The lowest BCUT2D eigenvalue weighted by molar-refractivity contribution is 0.128. The monoisotopic (exact) mass is 321 g/mol. The number of hydrogen-bond donors (Lipinski definition) is 2. The molecule has 0 bridgehead atoms. The molecule has 4 nitrogen and oxygen atoms in total. The highest BCUT2D eigenvalue weighted by Crippen LogP contribution is 2.41. The van der Waals surface area contributed by atoms with E-state index in [2.05, 4.69) is 29.5 Å². The minimum absolute atomic E-state index is 0.122. The quantitative estimate of drug-likeness (QED) is 0.440. The van der Waals surface area contributed by atoms with Crippen LogP contribution in [-0.2, 0) is 4.74 Å². The van der Waals surface area contributed by atoms with Gasteiger partial charge in [-0.1, -0.05) is 32.0 Å². The summed E-state index contributed by atoms with van der Waals surface area (Å²) in [5, 5.41) is 6.58. The van der Waals surface area contributed by atoms with Crippen molar-refractivity contribution in [3.63, 3.8) is 0 Å². The van der Waals surface area contributed by atoms with Crippen molar-refractivity contribution in [2.75, 3.05) is 26.8 Å². The summed E-state index contributed by atoms with van der Waals surface area (Å²) in [6, 6.07) is 7.24. The molecule has 128 valence electrons. The van der Waals surface area contributed by atoms with Gasteiger partial charge in [-0.2, -0.15) is 0 Å². The third kappa shape index (κ3) is 5.82. The number of guanidine groups is 1. The maximum absolute atomic E-state index is 13.8. The Kier molecular flexibility index (Phi) is 6.84. The van der Waals surface area contributed by atoms with Crippen molar-refractivity contribution in [3.05, 3.63) is 35.6 Å². The van der Waals surface area contributed by atoms with Gasteiger partial charge in [0.15, 0.2) is 5.96 Å². The number of benzene rings is 1. The molecule has 2 atom stereocenters. The summed E-state index contributed by atoms with van der Waals surface area (Å²) in [7, 11) is 1.75. The maximum Gasteiger partial charge on any atom is 0.191 e. The summed E-state index contributed by atoms with van der Waals surface area (Å²) in [6.45, 7) is 6.55. The largest absolute Gasteiger partial charge is 0.380 e. The fraction of sp³-hybridized carbons (Fsp3) is 0.611. The molecule has 23 heavy (non-hydrogen) atoms. The first-order chi connectivity index (χ1) is 11.1. The molecule has 2 unspecified atom stereocenters. The number of hydrogen-bond acceptors (Lipinski definition) is 2. The fourth-order valence-electron chi connectivity index (χ4n) is 2.51. The molecule has 0 spiro atoms. The Labute approximate surface area is 138 Å². The lowest BCUT2D eigenvalue weighted by Crippen LogP contribution is -2.40. The van der Waals surface area contributed by atoms with Gasteiger partial charge in [-0.15, -0.1) is 0 Å². The second kappa shape index (κ2) is 8.87. The zero-order chi connectivity index (χ0) is 16.7. The van der Waals surface area contributed by atoms with Crippen molar-refractivity contribution in [2.45, 2.75) is 38.6 Å². The Morgan fingerprint density at radius 1 is 1.35 bits per heavy atom. The molecule has 5 heteroatoms. The molecule has 1 aromatic rings. The van der Waals surface area contributed by atoms with Gasteiger partial charge in [0.25, 0.3) is 0 Å². The van der Waals surface area contributed by atoms with E-state index in [1.165, 1.54) is 6.07 Å². The highest BCUT2D eigenvalue weighted by atomic mass is 19.1. The van der Waals surface area contributed by atoms with Gasteiger partial charge in [0.05, 0.1) is 6.61 Å². The molecule has 0 heterocycles. The number of halogens is 1. The summed E-state index contributed by atoms with van der Waals surface area (Å²) < 4.78 is 19.3. The van der Waals surface area contributed by atoms with Crippen molar-refractivity contribution in [3.8, 4) is 0 Å². The predicted molar refractivity (Wildman–Crippen MR) is 92.3 cm³/mol. The Bertz CT molecular complexity index is 519. The van der Waals surface area contributed by atoms with Crippen molar-refractivity contribution < 1.29 is 9.13 Å². The van der Waals surface area contributed by atoms with Crippen molar-refractivity contribution in [1.82, 2.24) is 10.6 Å². The summed E-state index contributed by atoms with van der Waals surface area (Å²) >= 11 is 0. The minimum atomic E-state index is -0.122. The molecule has 0 aromatic heterocycles. The van der Waals surface area contributed by atoms with E-state index in [9.17, 15) is 4.39 Å². The van der Waals surface area contributed by atoms with Crippen LogP contribution in [0.3, 0.4) is 0 Å². The third-order valence-corrected chi connectivity index (χ3v) is 4.02. The molecule has 1 aliphatic carbocycles. The van der Waals surface area contributed by atoms with Crippen LogP contribution in [0.2, 0.25) is 0 Å². The van der Waals surface area contributed by atoms with Crippen LogP contribution in [0.25, 0.3) is 0 Å². The lowest BCUT2D eigenvalue weighted by atomic mass is 10.1. The van der Waals surface area contributed by atoms with Crippen LogP contribution in [0.4, 0.5) is 4.39 Å². The molecule has 1 saturated carbocycles. The van der Waals surface area contributed by atoms with Crippen LogP contribution in [-0.4, -0.2) is 38.8 Å². The summed E-state index contributed by atoms with van der Waals surface area (Å²) in [5.41, 5.74) is 0.789. The Morgan fingerprint density at radius 2 is 2.13 bits per heavy atom. The Morgan fingerprint density at radius 3 is 2.83 bits per heavy atom. The summed E-state index contributed by atoms with van der Waals surface area (Å²) in [6.07, 6.45) is 2.02. The van der Waals surface area contributed by atoms with Gasteiger partial charge in [0, 0.05) is 32.2 Å². The van der Waals surface area contributed by atoms with E-state index in [1.54, 1.807) is 13.1 Å². The first-order valence-corrected chi connectivity index (χ1v) is 8.41. The topological polar surface area (TPSA) is 45.7 Å². The SMILES string of the molecule is CN=C(NCCOCCC(C)C)NC1CC1c1ccccc1F. The van der Waals surface area contributed by atoms with Crippen LogP contribution >= 0.6 is 0 Å². The molecule has 0 radical (unpaired) electrons. The van der Waals surface area contributed by atoms with E-state index in [-0.39, 0.29) is 17.8 Å². The van der Waals surface area contributed by atoms with Gasteiger partial charge >= 0.3 is 0 Å². The van der Waals surface area contributed by atoms with Crippen molar-refractivity contribution in [1.29, 1.82) is 0 Å². The molecule has 1 fully saturated rings. The van der Waals surface area contributed by atoms with E-state index in [0.29, 0.717) is 12.5 Å². The van der Waals surface area contributed by atoms with E-state index in [1.807, 2.05) is 12.1 Å². The van der Waals surface area contributed by atoms with E-state index in [4.69, 9.17) is 4.74 Å². The normalized spacial score (nSPS) is 20.7. The molecule has 0 saturated heterocycles. The lowest BCUT2D eigenvalue weighted by Gasteiger charge is -2.12. The molecule has 2 N–H and O–H groups in total. The average molecular weight is 321 g/mol. The first kappa shape index (κ1) is 17.7. The summed E-state index contributed by atoms with van der Waals surface area (Å²) in [4.78, 5) is 4.21. The molecule has 0 aliphatic heterocycles. The van der Waals surface area contributed by atoms with Gasteiger partial charge in [0.1, 0.15) is 5.82 Å². The Hall–Kier alpha value is -1.62. The third-order valence-electron chi connectivity index (χ3n) is 4.02. The van der Waals surface area contributed by atoms with E-state index >= 15 is 0 Å². The number of nitrogens with zero attached hydrogens (tertiary/aromatic N) is 1. The molecular weight excluding hydrogens is 293 g/mol. The molecule has 1 aromatic carbocycles. The van der Waals surface area contributed by atoms with Crippen LogP contribution in [0.15, 0.2) is 29.3 Å². The van der Waals surface area contributed by atoms with Crippen LogP contribution in [0, 0.1) is 11.7 Å². The average Bonchev–Trinajstić information content (AvgIpc) is 3.28. The van der Waals surface area contributed by atoms with Crippen molar-refractivity contribution >= 4 is 5.96 Å². The second-order valence-electron chi connectivity index (χ2n) is 6.41. The molecular formula is C18H28FN3O. The molecule has 2 rings (SSSR count). The van der Waals surface area contributed by atoms with Gasteiger partial charge < -0.3 is 15.4 Å².